The summed E-state index contributed by atoms with van der Waals surface area (Å²) in [5, 5.41) is 0. The van der Waals surface area contributed by atoms with Gasteiger partial charge in [0.15, 0.2) is 0 Å². The number of unbranched alkanes of at least 4 members (excludes halogenated alkanes) is 3. The molecule has 0 aliphatic heterocycles. The molecule has 0 unspecified atom stereocenters. The molecule has 0 aromatic heterocycles. The Morgan fingerprint density at radius 2 is 1.37 bits per heavy atom. The van der Waals surface area contributed by atoms with Crippen molar-refractivity contribution in [3.05, 3.63) is 12.7 Å². The van der Waals surface area contributed by atoms with Crippen LogP contribution in [0.25, 0.3) is 0 Å². The molecule has 0 heterocycles. The zero-order valence-electron chi connectivity index (χ0n) is 13.7. The third-order valence-corrected chi connectivity index (χ3v) is 24.5. The first kappa shape index (κ1) is 19.9. The second-order valence-electron chi connectivity index (χ2n) is 5.94. The van der Waals surface area contributed by atoms with Crippen molar-refractivity contribution >= 4 is 30.1 Å². The number of rotatable bonds is 14. The number of hydrogen-bond donors (Lipinski definition) is 0. The van der Waals surface area contributed by atoms with Crippen LogP contribution in [0.15, 0.2) is 12.7 Å². The van der Waals surface area contributed by atoms with Crippen molar-refractivity contribution in [2.75, 3.05) is 9.52 Å². The first-order valence-electron chi connectivity index (χ1n) is 8.43. The number of hydrogen-bond acceptors (Lipinski definition) is 1. The average Bonchev–Trinajstić information content (AvgIpc) is 2.44. The van der Waals surface area contributed by atoms with Crippen LogP contribution >= 0.6 is 11.8 Å². The van der Waals surface area contributed by atoms with Crippen molar-refractivity contribution in [2.24, 2.45) is 0 Å². The normalized spacial score (nSPS) is 11.7. The van der Waals surface area contributed by atoms with E-state index in [-0.39, 0.29) is 0 Å². The van der Waals surface area contributed by atoms with Gasteiger partial charge in [-0.05, 0) is 0 Å². The van der Waals surface area contributed by atoms with Gasteiger partial charge in [-0.15, -0.1) is 0 Å². The minimum atomic E-state index is -1.81. The summed E-state index contributed by atoms with van der Waals surface area (Å²) in [6.45, 7) is 10.9. The van der Waals surface area contributed by atoms with E-state index in [9.17, 15) is 0 Å². The van der Waals surface area contributed by atoms with Gasteiger partial charge in [-0.25, -0.2) is 0 Å². The second-order valence-corrected chi connectivity index (χ2v) is 22.4. The summed E-state index contributed by atoms with van der Waals surface area (Å²) in [7, 11) is 0. The molecule has 0 bridgehead atoms. The van der Waals surface area contributed by atoms with Crippen LogP contribution in [0.2, 0.25) is 13.3 Å². The van der Waals surface area contributed by atoms with Crippen molar-refractivity contribution in [3.8, 4) is 0 Å². The Balaban J connectivity index is 4.42. The predicted octanol–water partition coefficient (Wildman–Crippen LogP) is 6.68. The third-order valence-electron chi connectivity index (χ3n) is 4.06. The van der Waals surface area contributed by atoms with E-state index < -0.39 is 18.4 Å². The molecule has 0 nitrogen and oxygen atoms in total. The van der Waals surface area contributed by atoms with E-state index in [0.717, 1.165) is 0 Å². The summed E-state index contributed by atoms with van der Waals surface area (Å²) in [4.78, 5) is 0. The second kappa shape index (κ2) is 13.9. The maximum atomic E-state index is 3.85. The average molecular weight is 391 g/mol. The van der Waals surface area contributed by atoms with Crippen molar-refractivity contribution in [2.45, 2.75) is 79.0 Å². The SMILES string of the molecule is C=CCCS[CH2][Sn]([CH2]CCC)([CH2]CCC)[CH2]CCC. The zero-order valence-corrected chi connectivity index (χ0v) is 17.3. The van der Waals surface area contributed by atoms with E-state index in [1.807, 2.05) is 0 Å². The summed E-state index contributed by atoms with van der Waals surface area (Å²) < 4.78 is 6.56. The molecule has 0 aliphatic rings. The predicted molar refractivity (Wildman–Crippen MR) is 97.0 cm³/mol. The Kier molecular flexibility index (Phi) is 14.5. The van der Waals surface area contributed by atoms with Gasteiger partial charge >= 0.3 is 131 Å². The molecule has 0 fully saturated rings. The Bertz CT molecular complexity index is 182. The van der Waals surface area contributed by atoms with Crippen LogP contribution < -0.4 is 0 Å². The molecule has 0 aliphatic carbocycles. The van der Waals surface area contributed by atoms with Gasteiger partial charge in [-0.1, -0.05) is 0 Å². The molecule has 0 amide bonds. The molecule has 114 valence electrons. The first-order valence-corrected chi connectivity index (χ1v) is 17.7. The van der Waals surface area contributed by atoms with Crippen LogP contribution in [0.1, 0.15) is 65.7 Å². The van der Waals surface area contributed by atoms with Crippen molar-refractivity contribution < 1.29 is 0 Å². The van der Waals surface area contributed by atoms with E-state index >= 15 is 0 Å². The summed E-state index contributed by atoms with van der Waals surface area (Å²) in [5.74, 6) is 1.31. The summed E-state index contributed by atoms with van der Waals surface area (Å²) in [6.07, 6.45) is 12.0. The molecule has 0 spiro atoms. The third kappa shape index (κ3) is 10.3. The first-order chi connectivity index (χ1) is 9.24. The van der Waals surface area contributed by atoms with E-state index in [0.29, 0.717) is 0 Å². The fourth-order valence-corrected chi connectivity index (χ4v) is 24.3. The topological polar surface area (TPSA) is 0 Å². The van der Waals surface area contributed by atoms with Gasteiger partial charge in [-0.2, -0.15) is 0 Å². The van der Waals surface area contributed by atoms with Crippen LogP contribution in [0.5, 0.6) is 0 Å². The quantitative estimate of drug-likeness (QED) is 0.181. The van der Waals surface area contributed by atoms with Gasteiger partial charge in [0.25, 0.3) is 0 Å². The monoisotopic (exact) mass is 392 g/mol. The standard InChI is InChI=1S/C5H9S.3C4H9.Sn/c1-3-4-5-6-2;3*1-3-4-2;/h3H,1-2,4-5H2;3*1,3-4H2,2H3;. The van der Waals surface area contributed by atoms with Crippen molar-refractivity contribution in [1.82, 2.24) is 0 Å². The Labute approximate surface area is 131 Å². The van der Waals surface area contributed by atoms with Crippen LogP contribution in [-0.4, -0.2) is 27.9 Å². The van der Waals surface area contributed by atoms with Crippen LogP contribution in [0.4, 0.5) is 0 Å². The molecule has 0 rings (SSSR count). The van der Waals surface area contributed by atoms with Gasteiger partial charge < -0.3 is 0 Å². The van der Waals surface area contributed by atoms with Crippen LogP contribution in [0, 0.1) is 0 Å². The van der Waals surface area contributed by atoms with Gasteiger partial charge in [0.05, 0.1) is 0 Å². The number of thioether (sulfide) groups is 1. The van der Waals surface area contributed by atoms with E-state index in [2.05, 4.69) is 45.2 Å². The summed E-state index contributed by atoms with van der Waals surface area (Å²) in [6, 6.07) is 0. The fraction of sp³-hybridized carbons (Fsp3) is 0.882. The Hall–Kier alpha value is 0.889. The molecule has 0 N–H and O–H groups in total. The zero-order chi connectivity index (χ0) is 14.4. The molecule has 0 atom stereocenters. The van der Waals surface area contributed by atoms with Gasteiger partial charge in [0.2, 0.25) is 0 Å². The number of allylic oxidation sites excluding steroid dienone is 1. The molecule has 0 saturated carbocycles. The Morgan fingerprint density at radius 3 is 1.74 bits per heavy atom. The molecule has 0 radical (unpaired) electrons. The van der Waals surface area contributed by atoms with Crippen LogP contribution in [0.3, 0.4) is 0 Å². The molecule has 0 aromatic carbocycles. The van der Waals surface area contributed by atoms with E-state index in [4.69, 9.17) is 0 Å². The molecule has 0 aromatic rings. The maximum absolute atomic E-state index is 3.85. The summed E-state index contributed by atoms with van der Waals surface area (Å²) >= 11 is 0.453. The molecular formula is C17H36SSn. The molecule has 0 saturated heterocycles. The fourth-order valence-electron chi connectivity index (χ4n) is 2.70. The summed E-state index contributed by atoms with van der Waals surface area (Å²) in [5.41, 5.74) is 0. The van der Waals surface area contributed by atoms with Gasteiger partial charge in [0, 0.05) is 0 Å². The molecule has 19 heavy (non-hydrogen) atoms. The van der Waals surface area contributed by atoms with E-state index in [1.165, 1.54) is 50.7 Å². The van der Waals surface area contributed by atoms with E-state index in [1.54, 1.807) is 17.1 Å². The minimum absolute atomic E-state index is 1.20. The van der Waals surface area contributed by atoms with Gasteiger partial charge in [-0.3, -0.25) is 0 Å². The van der Waals surface area contributed by atoms with Gasteiger partial charge in [0.1, 0.15) is 0 Å². The molecule has 2 heteroatoms. The van der Waals surface area contributed by atoms with Crippen molar-refractivity contribution in [3.63, 3.8) is 0 Å². The Morgan fingerprint density at radius 1 is 0.895 bits per heavy atom. The van der Waals surface area contributed by atoms with Crippen LogP contribution in [-0.2, 0) is 0 Å². The van der Waals surface area contributed by atoms with Crippen molar-refractivity contribution in [1.29, 1.82) is 0 Å². The molecular weight excluding hydrogens is 355 g/mol.